The van der Waals surface area contributed by atoms with Crippen molar-refractivity contribution in [3.05, 3.63) is 63.6 Å². The van der Waals surface area contributed by atoms with Gasteiger partial charge in [-0.05, 0) is 43.2 Å². The molecule has 0 radical (unpaired) electrons. The van der Waals surface area contributed by atoms with Crippen molar-refractivity contribution < 1.29 is 14.3 Å². The number of hydrogen-bond acceptors (Lipinski definition) is 4. The van der Waals surface area contributed by atoms with E-state index in [1.54, 1.807) is 18.2 Å². The van der Waals surface area contributed by atoms with Crippen molar-refractivity contribution in [2.45, 2.75) is 18.9 Å². The summed E-state index contributed by atoms with van der Waals surface area (Å²) in [5, 5.41) is 3.92. The second kappa shape index (κ2) is 9.90. The Morgan fingerprint density at radius 2 is 1.65 bits per heavy atom. The molecule has 2 amide bonds. The number of nitrogens with one attached hydrogen (secondary N) is 1. The van der Waals surface area contributed by atoms with Crippen LogP contribution in [0.15, 0.2) is 42.5 Å². The summed E-state index contributed by atoms with van der Waals surface area (Å²) in [4.78, 5) is 29.7. The Kier molecular flexibility index (Phi) is 7.00. The van der Waals surface area contributed by atoms with Crippen LogP contribution in [0.25, 0.3) is 0 Å². The largest absolute Gasteiger partial charge is 0.378 e. The zero-order valence-corrected chi connectivity index (χ0v) is 18.7. The van der Waals surface area contributed by atoms with Crippen LogP contribution in [-0.4, -0.2) is 62.1 Å². The lowest BCUT2D eigenvalue weighted by Crippen LogP contribution is -2.46. The summed E-state index contributed by atoms with van der Waals surface area (Å²) in [6, 6.07) is 12.7. The van der Waals surface area contributed by atoms with Gasteiger partial charge in [-0.15, -0.1) is 0 Å². The molecule has 1 N–H and O–H groups in total. The van der Waals surface area contributed by atoms with E-state index in [1.165, 1.54) is 0 Å². The van der Waals surface area contributed by atoms with Gasteiger partial charge in [0.25, 0.3) is 11.8 Å². The lowest BCUT2D eigenvalue weighted by atomic mass is 10.0. The molecule has 2 aliphatic heterocycles. The number of anilines is 1. The topological polar surface area (TPSA) is 61.9 Å². The van der Waals surface area contributed by atoms with Gasteiger partial charge in [0.05, 0.1) is 29.4 Å². The van der Waals surface area contributed by atoms with E-state index in [2.05, 4.69) is 10.2 Å². The molecular weight excluding hydrogens is 437 g/mol. The fraction of sp³-hybridized carbons (Fsp3) is 0.391. The first-order valence-electron chi connectivity index (χ1n) is 10.5. The molecule has 0 spiro atoms. The number of carbonyl (C=O) groups excluding carboxylic acids is 2. The molecule has 6 nitrogen and oxygen atoms in total. The van der Waals surface area contributed by atoms with Crippen LogP contribution >= 0.6 is 23.2 Å². The van der Waals surface area contributed by atoms with Crippen LogP contribution in [0.5, 0.6) is 0 Å². The van der Waals surface area contributed by atoms with E-state index in [1.807, 2.05) is 29.2 Å². The molecule has 8 heteroatoms. The maximum absolute atomic E-state index is 13.1. The number of carbonyl (C=O) groups is 2. The van der Waals surface area contributed by atoms with Crippen molar-refractivity contribution in [2.75, 3.05) is 44.3 Å². The number of piperidine rings is 1. The average Bonchev–Trinajstić information content (AvgIpc) is 2.79. The van der Waals surface area contributed by atoms with Crippen molar-refractivity contribution in [1.29, 1.82) is 0 Å². The Morgan fingerprint density at radius 3 is 2.35 bits per heavy atom. The van der Waals surface area contributed by atoms with Gasteiger partial charge >= 0.3 is 0 Å². The lowest BCUT2D eigenvalue weighted by Gasteiger charge is -2.36. The van der Waals surface area contributed by atoms with Gasteiger partial charge < -0.3 is 19.9 Å². The third-order valence-electron chi connectivity index (χ3n) is 5.78. The van der Waals surface area contributed by atoms with Gasteiger partial charge in [0, 0.05) is 42.9 Å². The quantitative estimate of drug-likeness (QED) is 0.750. The SMILES string of the molecule is O=C(NC1CCN(c2ccccc2C(=O)N2CCOCC2)CC1)c1ccc(Cl)cc1Cl. The lowest BCUT2D eigenvalue weighted by molar-refractivity contribution is 0.0303. The zero-order chi connectivity index (χ0) is 21.8. The monoisotopic (exact) mass is 461 g/mol. The van der Waals surface area contributed by atoms with E-state index in [0.717, 1.165) is 37.2 Å². The molecule has 0 aromatic heterocycles. The summed E-state index contributed by atoms with van der Waals surface area (Å²) in [6.45, 7) is 3.91. The highest BCUT2D eigenvalue weighted by molar-refractivity contribution is 6.36. The summed E-state index contributed by atoms with van der Waals surface area (Å²) in [5.41, 5.74) is 2.10. The number of nitrogens with zero attached hydrogens (tertiary/aromatic N) is 2. The van der Waals surface area contributed by atoms with Crippen LogP contribution in [0, 0.1) is 0 Å². The van der Waals surface area contributed by atoms with Crippen LogP contribution < -0.4 is 10.2 Å². The number of benzene rings is 2. The van der Waals surface area contributed by atoms with Gasteiger partial charge in [0.2, 0.25) is 0 Å². The minimum Gasteiger partial charge on any atom is -0.378 e. The molecule has 2 heterocycles. The average molecular weight is 462 g/mol. The molecule has 2 aromatic rings. The normalized spacial score (nSPS) is 17.5. The van der Waals surface area contributed by atoms with Gasteiger partial charge in [0.1, 0.15) is 0 Å². The van der Waals surface area contributed by atoms with Crippen LogP contribution in [0.2, 0.25) is 10.0 Å². The Morgan fingerprint density at radius 1 is 0.935 bits per heavy atom. The van der Waals surface area contributed by atoms with E-state index in [4.69, 9.17) is 27.9 Å². The van der Waals surface area contributed by atoms with E-state index in [-0.39, 0.29) is 17.9 Å². The fourth-order valence-corrected chi connectivity index (χ4v) is 4.56. The second-order valence-corrected chi connectivity index (χ2v) is 8.62. The molecule has 2 saturated heterocycles. The Hall–Kier alpha value is -2.28. The van der Waals surface area contributed by atoms with Gasteiger partial charge in [-0.2, -0.15) is 0 Å². The minimum absolute atomic E-state index is 0.0479. The van der Waals surface area contributed by atoms with Gasteiger partial charge in [-0.1, -0.05) is 35.3 Å². The third-order valence-corrected chi connectivity index (χ3v) is 6.33. The molecule has 0 atom stereocenters. The molecule has 0 unspecified atom stereocenters. The van der Waals surface area contributed by atoms with Crippen molar-refractivity contribution >= 4 is 40.7 Å². The highest BCUT2D eigenvalue weighted by atomic mass is 35.5. The Bertz CT molecular complexity index is 955. The van der Waals surface area contributed by atoms with Crippen LogP contribution in [0.1, 0.15) is 33.6 Å². The predicted octanol–water partition coefficient (Wildman–Crippen LogP) is 3.86. The van der Waals surface area contributed by atoms with Gasteiger partial charge in [-0.25, -0.2) is 0 Å². The Labute approximate surface area is 192 Å². The molecule has 0 bridgehead atoms. The molecular formula is C23H25Cl2N3O3. The molecule has 4 rings (SSSR count). The first-order chi connectivity index (χ1) is 15.0. The first kappa shape index (κ1) is 21.9. The van der Waals surface area contributed by atoms with Crippen molar-refractivity contribution in [3.63, 3.8) is 0 Å². The summed E-state index contributed by atoms with van der Waals surface area (Å²) in [6.07, 6.45) is 1.58. The van der Waals surface area contributed by atoms with E-state index < -0.39 is 0 Å². The first-order valence-corrected chi connectivity index (χ1v) is 11.3. The van der Waals surface area contributed by atoms with Gasteiger partial charge in [0.15, 0.2) is 0 Å². The summed E-state index contributed by atoms with van der Waals surface area (Å²) in [7, 11) is 0. The van der Waals surface area contributed by atoms with E-state index >= 15 is 0 Å². The number of rotatable bonds is 4. The van der Waals surface area contributed by atoms with E-state index in [0.29, 0.717) is 41.9 Å². The summed E-state index contributed by atoms with van der Waals surface area (Å²) >= 11 is 12.1. The number of ether oxygens (including phenoxy) is 1. The standard InChI is InChI=1S/C23H25Cl2N3O3/c24-16-5-6-18(20(25)15-16)22(29)26-17-7-9-27(10-8-17)21-4-2-1-3-19(21)23(30)28-11-13-31-14-12-28/h1-6,15,17H,7-14H2,(H,26,29). The number of hydrogen-bond donors (Lipinski definition) is 1. The summed E-state index contributed by atoms with van der Waals surface area (Å²) < 4.78 is 5.37. The van der Waals surface area contributed by atoms with Crippen molar-refractivity contribution in [2.24, 2.45) is 0 Å². The highest BCUT2D eigenvalue weighted by Crippen LogP contribution is 2.26. The van der Waals surface area contributed by atoms with Crippen LogP contribution in [0.3, 0.4) is 0 Å². The smallest absolute Gasteiger partial charge is 0.256 e. The number of para-hydroxylation sites is 1. The molecule has 0 saturated carbocycles. The number of amides is 2. The van der Waals surface area contributed by atoms with Gasteiger partial charge in [-0.3, -0.25) is 9.59 Å². The number of morpholine rings is 1. The molecule has 2 aliphatic rings. The minimum atomic E-state index is -0.192. The zero-order valence-electron chi connectivity index (χ0n) is 17.2. The van der Waals surface area contributed by atoms with Crippen LogP contribution in [0.4, 0.5) is 5.69 Å². The van der Waals surface area contributed by atoms with Crippen molar-refractivity contribution in [3.8, 4) is 0 Å². The van der Waals surface area contributed by atoms with Crippen molar-refractivity contribution in [1.82, 2.24) is 10.2 Å². The Balaban J connectivity index is 1.39. The maximum atomic E-state index is 13.1. The molecule has 2 fully saturated rings. The van der Waals surface area contributed by atoms with E-state index in [9.17, 15) is 9.59 Å². The molecule has 31 heavy (non-hydrogen) atoms. The van der Waals surface area contributed by atoms with Crippen LogP contribution in [-0.2, 0) is 4.74 Å². The fourth-order valence-electron chi connectivity index (χ4n) is 4.07. The number of halogens is 2. The predicted molar refractivity (Wildman–Crippen MR) is 122 cm³/mol. The maximum Gasteiger partial charge on any atom is 0.256 e. The summed E-state index contributed by atoms with van der Waals surface area (Å²) in [5.74, 6) is -0.144. The second-order valence-electron chi connectivity index (χ2n) is 7.78. The molecule has 2 aromatic carbocycles. The molecule has 164 valence electrons. The molecule has 0 aliphatic carbocycles. The third kappa shape index (κ3) is 5.14. The highest BCUT2D eigenvalue weighted by Gasteiger charge is 2.26.